The number of aromatic nitrogens is 1. The average Bonchev–Trinajstić information content (AvgIpc) is 2.66. The Labute approximate surface area is 116 Å². The van der Waals surface area contributed by atoms with Gasteiger partial charge < -0.3 is 14.8 Å². The van der Waals surface area contributed by atoms with Crippen LogP contribution in [0.3, 0.4) is 0 Å². The summed E-state index contributed by atoms with van der Waals surface area (Å²) in [7, 11) is 4.22. The minimum atomic E-state index is 0.0984. The van der Waals surface area contributed by atoms with Gasteiger partial charge in [-0.3, -0.25) is 0 Å². The summed E-state index contributed by atoms with van der Waals surface area (Å²) >= 11 is 0. The number of hydrogen-bond acceptors (Lipinski definition) is 2. The molecule has 0 unspecified atom stereocenters. The van der Waals surface area contributed by atoms with E-state index in [-0.39, 0.29) is 5.54 Å². The highest BCUT2D eigenvalue weighted by Gasteiger charge is 2.10. The highest BCUT2D eigenvalue weighted by atomic mass is 15.1. The Balaban J connectivity index is 2.21. The van der Waals surface area contributed by atoms with E-state index in [0.717, 1.165) is 13.1 Å². The van der Waals surface area contributed by atoms with Crippen molar-refractivity contribution in [3.63, 3.8) is 0 Å². The van der Waals surface area contributed by atoms with Gasteiger partial charge in [-0.25, -0.2) is 0 Å². The maximum atomic E-state index is 3.52. The van der Waals surface area contributed by atoms with Crippen molar-refractivity contribution in [3.05, 3.63) is 30.5 Å². The summed E-state index contributed by atoms with van der Waals surface area (Å²) in [5.41, 5.74) is 2.59. The molecule has 0 aliphatic rings. The van der Waals surface area contributed by atoms with Gasteiger partial charge in [0.1, 0.15) is 0 Å². The first kappa shape index (κ1) is 13.9. The molecule has 104 valence electrons. The summed E-state index contributed by atoms with van der Waals surface area (Å²) in [6.45, 7) is 8.63. The first-order valence-electron chi connectivity index (χ1n) is 6.87. The Morgan fingerprint density at radius 2 is 1.89 bits per heavy atom. The molecule has 0 amide bonds. The van der Waals surface area contributed by atoms with Crippen molar-refractivity contribution in [3.8, 4) is 0 Å². The standard InChI is InChI=1S/C16H25N3/c1-16(2,3)17-14-6-7-15-13(12-14)8-9-19(15)11-10-18(4)5/h6-9,12,17H,10-11H2,1-5H3. The SMILES string of the molecule is CN(C)CCn1ccc2cc(NC(C)(C)C)ccc21. The summed E-state index contributed by atoms with van der Waals surface area (Å²) in [6.07, 6.45) is 2.18. The van der Waals surface area contributed by atoms with E-state index in [0.29, 0.717) is 0 Å². The van der Waals surface area contributed by atoms with E-state index in [1.165, 1.54) is 16.6 Å². The zero-order valence-corrected chi connectivity index (χ0v) is 12.7. The van der Waals surface area contributed by atoms with Crippen molar-refractivity contribution in [2.24, 2.45) is 0 Å². The van der Waals surface area contributed by atoms with Gasteiger partial charge in [0.25, 0.3) is 0 Å². The van der Waals surface area contributed by atoms with Crippen molar-refractivity contribution in [1.82, 2.24) is 9.47 Å². The van der Waals surface area contributed by atoms with E-state index >= 15 is 0 Å². The zero-order valence-electron chi connectivity index (χ0n) is 12.7. The highest BCUT2D eigenvalue weighted by molar-refractivity contribution is 5.83. The van der Waals surface area contributed by atoms with Crippen molar-refractivity contribution >= 4 is 16.6 Å². The van der Waals surface area contributed by atoms with E-state index in [1.807, 2.05) is 0 Å². The Kier molecular flexibility index (Phi) is 3.85. The molecule has 0 bridgehead atoms. The number of nitrogens with one attached hydrogen (secondary N) is 1. The van der Waals surface area contributed by atoms with Crippen molar-refractivity contribution in [1.29, 1.82) is 0 Å². The van der Waals surface area contributed by atoms with Crippen LogP contribution in [0.1, 0.15) is 20.8 Å². The van der Waals surface area contributed by atoms with Crippen molar-refractivity contribution in [2.45, 2.75) is 32.9 Å². The quantitative estimate of drug-likeness (QED) is 0.908. The molecule has 1 heterocycles. The smallest absolute Gasteiger partial charge is 0.0482 e. The molecule has 0 spiro atoms. The van der Waals surface area contributed by atoms with Gasteiger partial charge >= 0.3 is 0 Å². The lowest BCUT2D eigenvalue weighted by Crippen LogP contribution is -2.25. The Morgan fingerprint density at radius 3 is 2.53 bits per heavy atom. The Morgan fingerprint density at radius 1 is 1.16 bits per heavy atom. The number of hydrogen-bond donors (Lipinski definition) is 1. The number of likely N-dealkylation sites (N-methyl/N-ethyl adjacent to an activating group) is 1. The second-order valence-corrected chi connectivity index (χ2v) is 6.46. The van der Waals surface area contributed by atoms with E-state index in [9.17, 15) is 0 Å². The Hall–Kier alpha value is -1.48. The molecule has 2 aromatic rings. The molecule has 0 fully saturated rings. The third-order valence-corrected chi connectivity index (χ3v) is 3.08. The summed E-state index contributed by atoms with van der Waals surface area (Å²) in [4.78, 5) is 2.21. The summed E-state index contributed by atoms with van der Waals surface area (Å²) in [5, 5.41) is 4.81. The molecule has 1 aromatic heterocycles. The molecule has 0 saturated heterocycles. The summed E-state index contributed by atoms with van der Waals surface area (Å²) < 4.78 is 2.32. The van der Waals surface area contributed by atoms with Gasteiger partial charge in [0, 0.05) is 41.4 Å². The van der Waals surface area contributed by atoms with E-state index in [4.69, 9.17) is 0 Å². The van der Waals surface area contributed by atoms with Crippen molar-refractivity contribution in [2.75, 3.05) is 26.0 Å². The van der Waals surface area contributed by atoms with Crippen LogP contribution in [0.2, 0.25) is 0 Å². The van der Waals surface area contributed by atoms with Gasteiger partial charge in [-0.05, 0) is 59.1 Å². The second-order valence-electron chi connectivity index (χ2n) is 6.46. The van der Waals surface area contributed by atoms with Crippen LogP contribution >= 0.6 is 0 Å². The molecule has 2 rings (SSSR count). The lowest BCUT2D eigenvalue weighted by Gasteiger charge is -2.22. The second kappa shape index (κ2) is 5.25. The minimum absolute atomic E-state index is 0.0984. The molecular weight excluding hydrogens is 234 g/mol. The first-order chi connectivity index (χ1) is 8.85. The molecule has 1 aromatic carbocycles. The lowest BCUT2D eigenvalue weighted by molar-refractivity contribution is 0.387. The minimum Gasteiger partial charge on any atom is -0.380 e. The van der Waals surface area contributed by atoms with Crippen LogP contribution in [0.25, 0.3) is 10.9 Å². The maximum absolute atomic E-state index is 3.52. The fourth-order valence-corrected chi connectivity index (χ4v) is 2.21. The zero-order chi connectivity index (χ0) is 14.0. The maximum Gasteiger partial charge on any atom is 0.0482 e. The molecule has 3 heteroatoms. The van der Waals surface area contributed by atoms with E-state index in [1.54, 1.807) is 0 Å². The van der Waals surface area contributed by atoms with Crippen LogP contribution < -0.4 is 5.32 Å². The average molecular weight is 259 g/mol. The van der Waals surface area contributed by atoms with Crippen LogP contribution in [-0.2, 0) is 6.54 Å². The Bertz CT molecular complexity index is 547. The van der Waals surface area contributed by atoms with Gasteiger partial charge in [0.2, 0.25) is 0 Å². The van der Waals surface area contributed by atoms with E-state index < -0.39 is 0 Å². The van der Waals surface area contributed by atoms with Crippen LogP contribution in [0.4, 0.5) is 5.69 Å². The van der Waals surface area contributed by atoms with Gasteiger partial charge in [-0.2, -0.15) is 0 Å². The molecular formula is C16H25N3. The van der Waals surface area contributed by atoms with Crippen molar-refractivity contribution < 1.29 is 0 Å². The van der Waals surface area contributed by atoms with Gasteiger partial charge in [-0.1, -0.05) is 0 Å². The predicted octanol–water partition coefficient (Wildman–Crippen LogP) is 3.41. The van der Waals surface area contributed by atoms with Gasteiger partial charge in [0.05, 0.1) is 0 Å². The van der Waals surface area contributed by atoms with Crippen LogP contribution in [0, 0.1) is 0 Å². The largest absolute Gasteiger partial charge is 0.380 e. The molecule has 0 atom stereocenters. The molecule has 0 saturated carbocycles. The number of fused-ring (bicyclic) bond motifs is 1. The van der Waals surface area contributed by atoms with Gasteiger partial charge in [0.15, 0.2) is 0 Å². The molecule has 0 radical (unpaired) electrons. The summed E-state index contributed by atoms with van der Waals surface area (Å²) in [5.74, 6) is 0. The highest BCUT2D eigenvalue weighted by Crippen LogP contribution is 2.22. The topological polar surface area (TPSA) is 20.2 Å². The van der Waals surface area contributed by atoms with Crippen LogP contribution in [0.15, 0.2) is 30.5 Å². The number of benzene rings is 1. The summed E-state index contributed by atoms with van der Waals surface area (Å²) in [6, 6.07) is 8.80. The number of nitrogens with zero attached hydrogens (tertiary/aromatic N) is 2. The number of anilines is 1. The third-order valence-electron chi connectivity index (χ3n) is 3.08. The number of rotatable bonds is 4. The normalized spacial score (nSPS) is 12.3. The molecule has 0 aliphatic carbocycles. The van der Waals surface area contributed by atoms with Crippen LogP contribution in [-0.4, -0.2) is 35.6 Å². The predicted molar refractivity (Wildman–Crippen MR) is 83.9 cm³/mol. The molecule has 3 nitrogen and oxygen atoms in total. The molecule has 19 heavy (non-hydrogen) atoms. The lowest BCUT2D eigenvalue weighted by atomic mass is 10.1. The first-order valence-corrected chi connectivity index (χ1v) is 6.87. The third kappa shape index (κ3) is 3.74. The van der Waals surface area contributed by atoms with Gasteiger partial charge in [-0.15, -0.1) is 0 Å². The van der Waals surface area contributed by atoms with Crippen LogP contribution in [0.5, 0.6) is 0 Å². The molecule has 0 aliphatic heterocycles. The van der Waals surface area contributed by atoms with E-state index in [2.05, 4.69) is 80.1 Å². The fourth-order valence-electron chi connectivity index (χ4n) is 2.21. The monoisotopic (exact) mass is 259 g/mol. The molecule has 1 N–H and O–H groups in total. The fraction of sp³-hybridized carbons (Fsp3) is 0.500.